The van der Waals surface area contributed by atoms with Crippen molar-refractivity contribution in [3.8, 4) is 0 Å². The van der Waals surface area contributed by atoms with Crippen LogP contribution in [0.25, 0.3) is 0 Å². The Labute approximate surface area is 84.5 Å². The number of hydrogen-bond acceptors (Lipinski definition) is 1. The summed E-state index contributed by atoms with van der Waals surface area (Å²) in [6, 6.07) is 0. The molecule has 0 aliphatic rings. The number of halogens is 4. The average Bonchev–Trinajstić information content (AvgIpc) is 1.85. The highest BCUT2D eigenvalue weighted by Gasteiger charge is 2.14. The second kappa shape index (κ2) is 3.75. The summed E-state index contributed by atoms with van der Waals surface area (Å²) in [5, 5.41) is 0. The molecule has 5 heteroatoms. The van der Waals surface area contributed by atoms with E-state index in [4.69, 9.17) is 0 Å². The maximum atomic E-state index is 12.2. The quantitative estimate of drug-likeness (QED) is 0.718. The van der Waals surface area contributed by atoms with E-state index in [0.717, 1.165) is 0 Å². The van der Waals surface area contributed by atoms with Crippen LogP contribution in [0, 0.1) is 3.57 Å². The number of nitrogens with zero attached hydrogens (tertiary/aromatic N) is 1. The molecule has 0 atom stereocenters. The Morgan fingerprint density at radius 1 is 1.45 bits per heavy atom. The first kappa shape index (κ1) is 9.31. The topological polar surface area (TPSA) is 12.9 Å². The summed E-state index contributed by atoms with van der Waals surface area (Å²) in [7, 11) is 0. The lowest BCUT2D eigenvalue weighted by Crippen LogP contribution is -1.91. The maximum Gasteiger partial charge on any atom is 0.266 e. The molecule has 1 rings (SSSR count). The molecule has 0 bridgehead atoms. The van der Waals surface area contributed by atoms with Crippen LogP contribution in [-0.2, 0) is 0 Å². The third kappa shape index (κ3) is 2.08. The molecule has 1 aromatic heterocycles. The second-order valence-corrected chi connectivity index (χ2v) is 3.83. The molecule has 0 unspecified atom stereocenters. The number of hydrogen-bond donors (Lipinski definition) is 0. The number of aromatic nitrogens is 1. The fraction of sp³-hybridized carbons (Fsp3) is 0.167. The zero-order valence-electron chi connectivity index (χ0n) is 5.19. The van der Waals surface area contributed by atoms with Crippen LogP contribution in [0.4, 0.5) is 8.78 Å². The number of rotatable bonds is 1. The van der Waals surface area contributed by atoms with Crippen LogP contribution < -0.4 is 0 Å². The summed E-state index contributed by atoms with van der Waals surface area (Å²) in [6.45, 7) is 0. The molecule has 0 aliphatic heterocycles. The Morgan fingerprint density at radius 2 is 2.09 bits per heavy atom. The Morgan fingerprint density at radius 3 is 2.45 bits per heavy atom. The molecule has 0 saturated carbocycles. The Bertz CT molecular complexity index is 247. The molecule has 0 radical (unpaired) electrons. The Kier molecular flexibility index (Phi) is 3.17. The normalized spacial score (nSPS) is 10.6. The van der Waals surface area contributed by atoms with Gasteiger partial charge in [0.2, 0.25) is 0 Å². The second-order valence-electron chi connectivity index (χ2n) is 1.82. The summed E-state index contributed by atoms with van der Waals surface area (Å²) in [5.74, 6) is 0. The van der Waals surface area contributed by atoms with Crippen LogP contribution >= 0.6 is 38.5 Å². The summed E-state index contributed by atoms with van der Waals surface area (Å²) in [6.07, 6.45) is 0.329. The molecule has 0 amide bonds. The molecule has 1 heterocycles. The first-order valence-electron chi connectivity index (χ1n) is 2.70. The summed E-state index contributed by atoms with van der Waals surface area (Å²) in [4.78, 5) is 3.74. The molecule has 11 heavy (non-hydrogen) atoms. The molecule has 0 saturated heterocycles. The molecule has 0 aromatic carbocycles. The molecule has 0 fully saturated rings. The van der Waals surface area contributed by atoms with Gasteiger partial charge in [-0.1, -0.05) is 0 Å². The molecular weight excluding hydrogens is 331 g/mol. The van der Waals surface area contributed by atoms with Gasteiger partial charge in [-0.25, -0.2) is 8.78 Å². The molecule has 0 aliphatic carbocycles. The van der Waals surface area contributed by atoms with Gasteiger partial charge in [-0.15, -0.1) is 0 Å². The van der Waals surface area contributed by atoms with Gasteiger partial charge in [-0.2, -0.15) is 0 Å². The fourth-order valence-electron chi connectivity index (χ4n) is 0.630. The maximum absolute atomic E-state index is 12.2. The molecule has 60 valence electrons. The molecule has 0 spiro atoms. The molecular formula is C6H3BrF2IN. The van der Waals surface area contributed by atoms with Gasteiger partial charge in [0, 0.05) is 26.0 Å². The Balaban J connectivity index is 3.21. The highest BCUT2D eigenvalue weighted by Crippen LogP contribution is 2.30. The lowest BCUT2D eigenvalue weighted by Gasteiger charge is -2.03. The van der Waals surface area contributed by atoms with Crippen LogP contribution in [0.5, 0.6) is 0 Å². The predicted octanol–water partition coefficient (Wildman–Crippen LogP) is 3.39. The van der Waals surface area contributed by atoms with E-state index in [2.05, 4.69) is 20.9 Å². The van der Waals surface area contributed by atoms with E-state index in [1.807, 2.05) is 22.6 Å². The van der Waals surface area contributed by atoms with Gasteiger partial charge in [0.1, 0.15) is 0 Å². The first-order chi connectivity index (χ1) is 5.13. The molecule has 1 aromatic rings. The van der Waals surface area contributed by atoms with Crippen LogP contribution in [0.3, 0.4) is 0 Å². The van der Waals surface area contributed by atoms with Crippen molar-refractivity contribution in [2.45, 2.75) is 6.43 Å². The van der Waals surface area contributed by atoms with Crippen molar-refractivity contribution < 1.29 is 8.78 Å². The average molecular weight is 334 g/mol. The van der Waals surface area contributed by atoms with E-state index < -0.39 is 6.43 Å². The zero-order valence-corrected chi connectivity index (χ0v) is 8.93. The largest absolute Gasteiger partial charge is 0.266 e. The van der Waals surface area contributed by atoms with E-state index in [1.54, 1.807) is 0 Å². The van der Waals surface area contributed by atoms with Gasteiger partial charge in [0.05, 0.1) is 0 Å². The van der Waals surface area contributed by atoms with E-state index >= 15 is 0 Å². The van der Waals surface area contributed by atoms with E-state index in [0.29, 0.717) is 8.04 Å². The summed E-state index contributed by atoms with van der Waals surface area (Å²) in [5.41, 5.74) is 0.0144. The van der Waals surface area contributed by atoms with E-state index in [9.17, 15) is 8.78 Å². The van der Waals surface area contributed by atoms with Crippen molar-refractivity contribution in [1.82, 2.24) is 4.98 Å². The van der Waals surface area contributed by atoms with Gasteiger partial charge >= 0.3 is 0 Å². The third-order valence-electron chi connectivity index (χ3n) is 1.11. The van der Waals surface area contributed by atoms with Gasteiger partial charge in [0.25, 0.3) is 6.43 Å². The van der Waals surface area contributed by atoms with Crippen LogP contribution in [-0.4, -0.2) is 4.98 Å². The van der Waals surface area contributed by atoms with Crippen molar-refractivity contribution in [3.05, 3.63) is 26.0 Å². The van der Waals surface area contributed by atoms with Gasteiger partial charge in [-0.05, 0) is 38.5 Å². The first-order valence-corrected chi connectivity index (χ1v) is 4.57. The monoisotopic (exact) mass is 333 g/mol. The standard InChI is InChI=1S/C6H3BrF2IN/c7-3-1-11-2-4(10)5(3)6(8)9/h1-2,6H. The Hall–Kier alpha value is 0.220. The van der Waals surface area contributed by atoms with Crippen LogP contribution in [0.1, 0.15) is 12.0 Å². The van der Waals surface area contributed by atoms with E-state index in [-0.39, 0.29) is 5.56 Å². The van der Waals surface area contributed by atoms with Crippen LogP contribution in [0.15, 0.2) is 16.9 Å². The van der Waals surface area contributed by atoms with Gasteiger partial charge in [0.15, 0.2) is 0 Å². The van der Waals surface area contributed by atoms with Crippen molar-refractivity contribution in [3.63, 3.8) is 0 Å². The van der Waals surface area contributed by atoms with Crippen LogP contribution in [0.2, 0.25) is 0 Å². The van der Waals surface area contributed by atoms with Crippen molar-refractivity contribution in [2.24, 2.45) is 0 Å². The predicted molar refractivity (Wildman–Crippen MR) is 49.6 cm³/mol. The SMILES string of the molecule is FC(F)c1c(Br)cncc1I. The number of alkyl halides is 2. The third-order valence-corrected chi connectivity index (χ3v) is 2.60. The summed E-state index contributed by atoms with van der Waals surface area (Å²) < 4.78 is 25.3. The fourth-order valence-corrected chi connectivity index (χ4v) is 2.19. The smallest absolute Gasteiger partial charge is 0.262 e. The van der Waals surface area contributed by atoms with Crippen molar-refractivity contribution in [1.29, 1.82) is 0 Å². The number of pyridine rings is 1. The highest BCUT2D eigenvalue weighted by molar-refractivity contribution is 14.1. The molecule has 0 N–H and O–H groups in total. The minimum Gasteiger partial charge on any atom is -0.262 e. The van der Waals surface area contributed by atoms with Gasteiger partial charge < -0.3 is 0 Å². The molecule has 1 nitrogen and oxygen atoms in total. The highest BCUT2D eigenvalue weighted by atomic mass is 127. The minimum absolute atomic E-state index is 0.0144. The van der Waals surface area contributed by atoms with Gasteiger partial charge in [-0.3, -0.25) is 4.98 Å². The van der Waals surface area contributed by atoms with Crippen molar-refractivity contribution in [2.75, 3.05) is 0 Å². The summed E-state index contributed by atoms with van der Waals surface area (Å²) >= 11 is 4.83. The minimum atomic E-state index is -2.45. The lowest BCUT2D eigenvalue weighted by molar-refractivity contribution is 0.149. The zero-order chi connectivity index (χ0) is 8.43. The van der Waals surface area contributed by atoms with E-state index in [1.165, 1.54) is 12.4 Å². The van der Waals surface area contributed by atoms with Crippen molar-refractivity contribution >= 4 is 38.5 Å². The lowest BCUT2D eigenvalue weighted by atomic mass is 10.3.